The molecule has 0 aliphatic carbocycles. The molecule has 0 aliphatic rings. The van der Waals surface area contributed by atoms with Crippen LogP contribution in [0.2, 0.25) is 10.0 Å². The lowest BCUT2D eigenvalue weighted by molar-refractivity contribution is -0.154. The van der Waals surface area contributed by atoms with E-state index in [-0.39, 0.29) is 11.4 Å². The highest BCUT2D eigenvalue weighted by molar-refractivity contribution is 6.39. The Kier molecular flexibility index (Phi) is 7.24. The minimum atomic E-state index is -4.82. The first-order chi connectivity index (χ1) is 17.4. The predicted octanol–water partition coefficient (Wildman–Crippen LogP) is 8.70. The van der Waals surface area contributed by atoms with Crippen molar-refractivity contribution in [1.82, 2.24) is 4.98 Å². The average molecular weight is 564 g/mol. The average Bonchev–Trinajstić information content (AvgIpc) is 2.83. The van der Waals surface area contributed by atoms with Crippen molar-refractivity contribution in [3.8, 4) is 17.4 Å². The standard InChI is InChI=1S/C23H13Cl2F6N3O3/c24-15-19(36-9-22(26,27)28)16(25)21(37-10-23(29,30)31)32-20(15)34-33-17-13-7-3-1-5-11(13)12-6-2-4-8-14(12)18(17)35/h1-8,35H,9-10H2. The molecule has 37 heavy (non-hydrogen) atoms. The smallest absolute Gasteiger partial charge is 0.422 e. The maximum absolute atomic E-state index is 12.7. The summed E-state index contributed by atoms with van der Waals surface area (Å²) in [6.07, 6.45) is -9.63. The minimum Gasteiger partial charge on any atom is -0.505 e. The fourth-order valence-corrected chi connectivity index (χ4v) is 3.91. The molecule has 0 unspecified atom stereocenters. The largest absolute Gasteiger partial charge is 0.505 e. The quantitative estimate of drug-likeness (QED) is 0.144. The summed E-state index contributed by atoms with van der Waals surface area (Å²) < 4.78 is 85.3. The van der Waals surface area contributed by atoms with E-state index in [1.807, 2.05) is 0 Å². The predicted molar refractivity (Wildman–Crippen MR) is 125 cm³/mol. The van der Waals surface area contributed by atoms with Crippen molar-refractivity contribution in [2.75, 3.05) is 13.2 Å². The van der Waals surface area contributed by atoms with Crippen LogP contribution in [0.15, 0.2) is 58.8 Å². The lowest BCUT2D eigenvalue weighted by atomic mass is 9.99. The molecule has 1 heterocycles. The van der Waals surface area contributed by atoms with E-state index in [0.717, 1.165) is 0 Å². The van der Waals surface area contributed by atoms with Crippen molar-refractivity contribution in [3.63, 3.8) is 0 Å². The normalized spacial score (nSPS) is 12.5. The van der Waals surface area contributed by atoms with Crippen molar-refractivity contribution in [2.45, 2.75) is 12.4 Å². The van der Waals surface area contributed by atoms with Gasteiger partial charge in [-0.2, -0.15) is 31.3 Å². The number of benzene rings is 3. The number of phenols is 1. The van der Waals surface area contributed by atoms with Gasteiger partial charge in [0.15, 0.2) is 24.7 Å². The Balaban J connectivity index is 1.85. The lowest BCUT2D eigenvalue weighted by Gasteiger charge is -2.16. The van der Waals surface area contributed by atoms with E-state index in [2.05, 4.69) is 24.7 Å². The van der Waals surface area contributed by atoms with E-state index >= 15 is 0 Å². The summed E-state index contributed by atoms with van der Waals surface area (Å²) in [6.45, 7) is -3.71. The van der Waals surface area contributed by atoms with Gasteiger partial charge >= 0.3 is 12.4 Å². The van der Waals surface area contributed by atoms with Gasteiger partial charge in [0.05, 0.1) is 0 Å². The molecule has 0 atom stereocenters. The number of fused-ring (bicyclic) bond motifs is 3. The molecule has 0 bridgehead atoms. The zero-order valence-electron chi connectivity index (χ0n) is 18.2. The van der Waals surface area contributed by atoms with Crippen LogP contribution in [-0.2, 0) is 0 Å². The summed E-state index contributed by atoms with van der Waals surface area (Å²) in [4.78, 5) is 3.68. The van der Waals surface area contributed by atoms with Gasteiger partial charge in [-0.1, -0.05) is 71.7 Å². The third-order valence-corrected chi connectivity index (χ3v) is 5.54. The molecule has 0 radical (unpaired) electrons. The van der Waals surface area contributed by atoms with E-state index in [4.69, 9.17) is 23.2 Å². The molecule has 0 aliphatic heterocycles. The van der Waals surface area contributed by atoms with Crippen LogP contribution in [0.4, 0.5) is 37.8 Å². The maximum atomic E-state index is 12.7. The van der Waals surface area contributed by atoms with E-state index in [1.165, 1.54) is 0 Å². The van der Waals surface area contributed by atoms with Crippen molar-refractivity contribution < 1.29 is 40.9 Å². The summed E-state index contributed by atoms with van der Waals surface area (Å²) in [5, 5.41) is 19.4. The molecule has 14 heteroatoms. The Morgan fingerprint density at radius 2 is 1.24 bits per heavy atom. The lowest BCUT2D eigenvalue weighted by Crippen LogP contribution is -2.21. The number of aromatic hydroxyl groups is 1. The highest BCUT2D eigenvalue weighted by Crippen LogP contribution is 2.47. The van der Waals surface area contributed by atoms with Crippen LogP contribution in [-0.4, -0.2) is 35.7 Å². The van der Waals surface area contributed by atoms with Crippen LogP contribution in [0.3, 0.4) is 0 Å². The van der Waals surface area contributed by atoms with Crippen molar-refractivity contribution in [3.05, 3.63) is 58.6 Å². The van der Waals surface area contributed by atoms with Gasteiger partial charge in [-0.25, -0.2) is 0 Å². The van der Waals surface area contributed by atoms with Crippen LogP contribution in [0, 0.1) is 0 Å². The minimum absolute atomic E-state index is 0.0439. The first kappa shape index (κ1) is 26.6. The van der Waals surface area contributed by atoms with E-state index in [9.17, 15) is 31.4 Å². The highest BCUT2D eigenvalue weighted by Gasteiger charge is 2.33. The molecule has 0 fully saturated rings. The number of ether oxygens (including phenoxy) is 2. The van der Waals surface area contributed by atoms with E-state index < -0.39 is 53.1 Å². The maximum Gasteiger partial charge on any atom is 0.422 e. The van der Waals surface area contributed by atoms with Crippen LogP contribution in [0.25, 0.3) is 21.5 Å². The van der Waals surface area contributed by atoms with Gasteiger partial charge in [-0.15, -0.1) is 10.2 Å². The van der Waals surface area contributed by atoms with Gasteiger partial charge in [0.2, 0.25) is 11.7 Å². The fourth-order valence-electron chi connectivity index (χ4n) is 3.38. The molecular weight excluding hydrogens is 551 g/mol. The molecule has 6 nitrogen and oxygen atoms in total. The summed E-state index contributed by atoms with van der Waals surface area (Å²) in [5.74, 6) is -2.71. The van der Waals surface area contributed by atoms with Gasteiger partial charge < -0.3 is 14.6 Å². The van der Waals surface area contributed by atoms with Gasteiger partial charge in [0.25, 0.3) is 0 Å². The molecule has 4 rings (SSSR count). The summed E-state index contributed by atoms with van der Waals surface area (Å²) >= 11 is 12.0. The number of hydrogen-bond acceptors (Lipinski definition) is 6. The molecular formula is C23H13Cl2F6N3O3. The molecule has 3 aromatic carbocycles. The summed E-state index contributed by atoms with van der Waals surface area (Å²) in [7, 11) is 0. The molecule has 0 amide bonds. The zero-order valence-corrected chi connectivity index (χ0v) is 19.7. The third kappa shape index (κ3) is 5.91. The Morgan fingerprint density at radius 3 is 1.84 bits per heavy atom. The van der Waals surface area contributed by atoms with Crippen LogP contribution < -0.4 is 9.47 Å². The Hall–Kier alpha value is -3.51. The number of phenolic OH excluding ortho intramolecular Hbond substituents is 1. The molecule has 0 saturated carbocycles. The van der Waals surface area contributed by atoms with Crippen LogP contribution in [0.1, 0.15) is 0 Å². The molecule has 194 valence electrons. The first-order valence-electron chi connectivity index (χ1n) is 10.2. The molecule has 0 spiro atoms. The number of rotatable bonds is 6. The second kappa shape index (κ2) is 10.1. The molecule has 1 aromatic heterocycles. The Morgan fingerprint density at radius 1 is 0.730 bits per heavy atom. The number of halogens is 8. The number of azo groups is 1. The zero-order chi connectivity index (χ0) is 27.0. The molecule has 0 saturated heterocycles. The second-order valence-corrected chi connectivity index (χ2v) is 8.25. The van der Waals surface area contributed by atoms with Crippen LogP contribution in [0.5, 0.6) is 17.4 Å². The molecule has 1 N–H and O–H groups in total. The SMILES string of the molecule is Oc1c(N=Nc2nc(OCC(F)(F)F)c(Cl)c(OCC(F)(F)F)c2Cl)c2ccccc2c2ccccc12. The van der Waals surface area contributed by atoms with E-state index in [1.54, 1.807) is 48.5 Å². The summed E-state index contributed by atoms with van der Waals surface area (Å²) in [6, 6.07) is 13.7. The number of aromatic nitrogens is 1. The Bertz CT molecular complexity index is 1510. The van der Waals surface area contributed by atoms with Gasteiger partial charge in [0, 0.05) is 10.8 Å². The third-order valence-electron chi connectivity index (χ3n) is 4.87. The van der Waals surface area contributed by atoms with Gasteiger partial charge in [-0.05, 0) is 10.8 Å². The number of nitrogens with zero attached hydrogens (tertiary/aromatic N) is 3. The van der Waals surface area contributed by atoms with Crippen molar-refractivity contribution >= 4 is 56.3 Å². The highest BCUT2D eigenvalue weighted by atomic mass is 35.5. The topological polar surface area (TPSA) is 76.3 Å². The van der Waals surface area contributed by atoms with Gasteiger partial charge in [-0.3, -0.25) is 0 Å². The number of pyridine rings is 1. The first-order valence-corrected chi connectivity index (χ1v) is 10.9. The number of alkyl halides is 6. The fraction of sp³-hybridized carbons (Fsp3) is 0.174. The Labute approximate surface area is 214 Å². The monoisotopic (exact) mass is 563 g/mol. The van der Waals surface area contributed by atoms with Crippen LogP contribution >= 0.6 is 23.2 Å². The molecule has 4 aromatic rings. The van der Waals surface area contributed by atoms with E-state index in [0.29, 0.717) is 21.5 Å². The van der Waals surface area contributed by atoms with Gasteiger partial charge in [0.1, 0.15) is 15.7 Å². The second-order valence-electron chi connectivity index (χ2n) is 7.49. The van der Waals surface area contributed by atoms with Crippen molar-refractivity contribution in [2.24, 2.45) is 10.2 Å². The number of hydrogen-bond donors (Lipinski definition) is 1. The summed E-state index contributed by atoms with van der Waals surface area (Å²) in [5.41, 5.74) is -0.0439. The van der Waals surface area contributed by atoms with Crippen molar-refractivity contribution in [1.29, 1.82) is 0 Å².